The van der Waals surface area contributed by atoms with E-state index in [1.54, 1.807) is 23.1 Å². The van der Waals surface area contributed by atoms with Gasteiger partial charge in [-0.15, -0.1) is 0 Å². The third kappa shape index (κ3) is 5.60. The fourth-order valence-corrected chi connectivity index (χ4v) is 3.68. The molecule has 7 heteroatoms. The van der Waals surface area contributed by atoms with Crippen molar-refractivity contribution < 1.29 is 18.4 Å². The first kappa shape index (κ1) is 20.9. The van der Waals surface area contributed by atoms with Crippen molar-refractivity contribution in [2.24, 2.45) is 5.73 Å². The standard InChI is InChI=1S/C22H25F2N3O2/c23-17-7-3-6-16(11-17)22(29)26-14-19-8-4-10-27(19)21(28)13-18(25)12-15-5-1-2-9-20(15)24/h1-3,5-7,9,11,18-19H,4,8,10,12-14,25H2,(H,26,29)/t18?,19-/m0/s1. The Kier molecular flexibility index (Phi) is 6.93. The quantitative estimate of drug-likeness (QED) is 0.749. The lowest BCUT2D eigenvalue weighted by Crippen LogP contribution is -2.45. The van der Waals surface area contributed by atoms with Crippen molar-refractivity contribution >= 4 is 11.8 Å². The van der Waals surface area contributed by atoms with Crippen LogP contribution >= 0.6 is 0 Å². The van der Waals surface area contributed by atoms with Crippen molar-refractivity contribution in [2.75, 3.05) is 13.1 Å². The average molecular weight is 401 g/mol. The van der Waals surface area contributed by atoms with Gasteiger partial charge in [0.25, 0.3) is 5.91 Å². The number of likely N-dealkylation sites (tertiary alicyclic amines) is 1. The molecule has 154 valence electrons. The molecule has 3 N–H and O–H groups in total. The summed E-state index contributed by atoms with van der Waals surface area (Å²) in [4.78, 5) is 26.6. The molecule has 0 saturated carbocycles. The van der Waals surface area contributed by atoms with Crippen molar-refractivity contribution in [3.8, 4) is 0 Å². The van der Waals surface area contributed by atoms with Crippen molar-refractivity contribution in [3.05, 3.63) is 71.3 Å². The molecule has 1 unspecified atom stereocenters. The second-order valence-corrected chi connectivity index (χ2v) is 7.36. The number of hydrogen-bond acceptors (Lipinski definition) is 3. The number of halogens is 2. The van der Waals surface area contributed by atoms with Crippen LogP contribution in [0.1, 0.15) is 35.2 Å². The minimum absolute atomic E-state index is 0.101. The normalized spacial score (nSPS) is 17.2. The summed E-state index contributed by atoms with van der Waals surface area (Å²) in [5.41, 5.74) is 6.82. The van der Waals surface area contributed by atoms with Crippen LogP contribution in [-0.4, -0.2) is 41.9 Å². The van der Waals surface area contributed by atoms with Gasteiger partial charge in [-0.2, -0.15) is 0 Å². The van der Waals surface area contributed by atoms with Gasteiger partial charge in [-0.3, -0.25) is 9.59 Å². The van der Waals surface area contributed by atoms with E-state index in [0.29, 0.717) is 18.7 Å². The molecule has 3 rings (SSSR count). The Hall–Kier alpha value is -2.80. The first-order valence-corrected chi connectivity index (χ1v) is 9.76. The van der Waals surface area contributed by atoms with Gasteiger partial charge in [0, 0.05) is 37.2 Å². The molecule has 2 aromatic rings. The van der Waals surface area contributed by atoms with Crippen LogP contribution < -0.4 is 11.1 Å². The summed E-state index contributed by atoms with van der Waals surface area (Å²) < 4.78 is 27.0. The fraction of sp³-hybridized carbons (Fsp3) is 0.364. The average Bonchev–Trinajstić information content (AvgIpc) is 3.16. The Morgan fingerprint density at radius 1 is 1.17 bits per heavy atom. The molecule has 1 aliphatic heterocycles. The smallest absolute Gasteiger partial charge is 0.251 e. The van der Waals surface area contributed by atoms with Crippen LogP contribution in [0.5, 0.6) is 0 Å². The van der Waals surface area contributed by atoms with E-state index in [1.165, 1.54) is 30.3 Å². The molecule has 1 fully saturated rings. The Bertz CT molecular complexity index is 875. The number of hydrogen-bond donors (Lipinski definition) is 2. The Morgan fingerprint density at radius 3 is 2.72 bits per heavy atom. The zero-order chi connectivity index (χ0) is 20.8. The van der Waals surface area contributed by atoms with E-state index in [9.17, 15) is 18.4 Å². The number of amides is 2. The van der Waals surface area contributed by atoms with Gasteiger partial charge in [-0.25, -0.2) is 8.78 Å². The first-order valence-electron chi connectivity index (χ1n) is 9.76. The summed E-state index contributed by atoms with van der Waals surface area (Å²) in [7, 11) is 0. The lowest BCUT2D eigenvalue weighted by Gasteiger charge is -2.26. The van der Waals surface area contributed by atoms with Crippen LogP contribution in [0.3, 0.4) is 0 Å². The van der Waals surface area contributed by atoms with Gasteiger partial charge in [0.05, 0.1) is 0 Å². The van der Waals surface area contributed by atoms with Gasteiger partial charge >= 0.3 is 0 Å². The molecule has 5 nitrogen and oxygen atoms in total. The Labute approximate surface area is 168 Å². The third-order valence-corrected chi connectivity index (χ3v) is 5.16. The summed E-state index contributed by atoms with van der Waals surface area (Å²) in [6, 6.07) is 11.3. The predicted molar refractivity (Wildman–Crippen MR) is 106 cm³/mol. The monoisotopic (exact) mass is 401 g/mol. The number of nitrogens with zero attached hydrogens (tertiary/aromatic N) is 1. The van der Waals surface area contributed by atoms with Crippen LogP contribution in [0.15, 0.2) is 48.5 Å². The topological polar surface area (TPSA) is 75.4 Å². The summed E-state index contributed by atoms with van der Waals surface area (Å²) in [6.07, 6.45) is 2.02. The molecule has 0 spiro atoms. The summed E-state index contributed by atoms with van der Waals surface area (Å²) in [5, 5.41) is 2.77. The maximum atomic E-state index is 13.8. The van der Waals surface area contributed by atoms with Gasteiger partial charge in [-0.1, -0.05) is 24.3 Å². The highest BCUT2D eigenvalue weighted by atomic mass is 19.1. The van der Waals surface area contributed by atoms with E-state index in [2.05, 4.69) is 5.32 Å². The fourth-order valence-electron chi connectivity index (χ4n) is 3.68. The minimum atomic E-state index is -0.484. The number of carbonyl (C=O) groups is 2. The van der Waals surface area contributed by atoms with E-state index in [-0.39, 0.29) is 42.1 Å². The molecule has 29 heavy (non-hydrogen) atoms. The summed E-state index contributed by atoms with van der Waals surface area (Å²) >= 11 is 0. The van der Waals surface area contributed by atoms with Crippen LogP contribution in [0.2, 0.25) is 0 Å². The van der Waals surface area contributed by atoms with E-state index in [1.807, 2.05) is 0 Å². The van der Waals surface area contributed by atoms with Gasteiger partial charge in [0.2, 0.25) is 5.91 Å². The Balaban J connectivity index is 1.52. The summed E-state index contributed by atoms with van der Waals surface area (Å²) in [6.45, 7) is 0.898. The van der Waals surface area contributed by atoms with Gasteiger partial charge in [0.1, 0.15) is 11.6 Å². The molecule has 1 saturated heterocycles. The zero-order valence-corrected chi connectivity index (χ0v) is 16.1. The molecule has 2 aromatic carbocycles. The molecule has 0 aliphatic carbocycles. The van der Waals surface area contributed by atoms with Gasteiger partial charge in [0.15, 0.2) is 0 Å². The van der Waals surface area contributed by atoms with Crippen molar-refractivity contribution in [1.82, 2.24) is 10.2 Å². The first-order chi connectivity index (χ1) is 13.9. The molecule has 1 aliphatic rings. The highest BCUT2D eigenvalue weighted by molar-refractivity contribution is 5.94. The maximum absolute atomic E-state index is 13.8. The molecule has 0 aromatic heterocycles. The number of nitrogens with one attached hydrogen (secondary N) is 1. The van der Waals surface area contributed by atoms with E-state index < -0.39 is 11.9 Å². The molecule has 0 bridgehead atoms. The minimum Gasteiger partial charge on any atom is -0.350 e. The van der Waals surface area contributed by atoms with E-state index in [4.69, 9.17) is 5.73 Å². The van der Waals surface area contributed by atoms with Crippen LogP contribution in [0, 0.1) is 11.6 Å². The van der Waals surface area contributed by atoms with Gasteiger partial charge in [-0.05, 0) is 49.1 Å². The molecule has 2 amide bonds. The number of benzene rings is 2. The zero-order valence-electron chi connectivity index (χ0n) is 16.1. The van der Waals surface area contributed by atoms with Crippen molar-refractivity contribution in [1.29, 1.82) is 0 Å². The third-order valence-electron chi connectivity index (χ3n) is 5.16. The van der Waals surface area contributed by atoms with Crippen LogP contribution in [0.25, 0.3) is 0 Å². The second kappa shape index (κ2) is 9.60. The SMILES string of the molecule is NC(CC(=O)N1CCC[C@H]1CNC(=O)c1cccc(F)c1)Cc1ccccc1F. The van der Waals surface area contributed by atoms with Crippen LogP contribution in [-0.2, 0) is 11.2 Å². The molecular formula is C22H25F2N3O2. The van der Waals surface area contributed by atoms with E-state index in [0.717, 1.165) is 12.8 Å². The summed E-state index contributed by atoms with van der Waals surface area (Å²) in [5.74, 6) is -1.27. The number of nitrogens with two attached hydrogens (primary N) is 1. The van der Waals surface area contributed by atoms with E-state index >= 15 is 0 Å². The van der Waals surface area contributed by atoms with Crippen molar-refractivity contribution in [3.63, 3.8) is 0 Å². The largest absolute Gasteiger partial charge is 0.350 e. The van der Waals surface area contributed by atoms with Crippen LogP contribution in [0.4, 0.5) is 8.78 Å². The lowest BCUT2D eigenvalue weighted by molar-refractivity contribution is -0.132. The lowest BCUT2D eigenvalue weighted by atomic mass is 10.0. The predicted octanol–water partition coefficient (Wildman–Crippen LogP) is 2.65. The molecule has 1 heterocycles. The van der Waals surface area contributed by atoms with Crippen molar-refractivity contribution in [2.45, 2.75) is 37.8 Å². The van der Waals surface area contributed by atoms with Gasteiger partial charge < -0.3 is 16.0 Å². The molecular weight excluding hydrogens is 376 g/mol. The number of carbonyl (C=O) groups excluding carboxylic acids is 2. The highest BCUT2D eigenvalue weighted by Gasteiger charge is 2.29. The molecule has 0 radical (unpaired) electrons. The maximum Gasteiger partial charge on any atom is 0.251 e. The Morgan fingerprint density at radius 2 is 1.97 bits per heavy atom. The second-order valence-electron chi connectivity index (χ2n) is 7.36. The number of rotatable bonds is 7. The molecule has 2 atom stereocenters. The highest BCUT2D eigenvalue weighted by Crippen LogP contribution is 2.19.